The Labute approximate surface area is 519 Å². The van der Waals surface area contributed by atoms with Crippen molar-refractivity contribution in [2.24, 2.45) is 23.7 Å². The maximum Gasteiger partial charge on any atom is 0.251 e. The Kier molecular flexibility index (Phi) is 25.0. The Bertz CT molecular complexity index is 2760. The number of Topliss-reactive ketones (excluding diaryl/α,β-unsaturated/α-hetero) is 2. The zero-order chi connectivity index (χ0) is 62.7. The van der Waals surface area contributed by atoms with Crippen LogP contribution in [0.5, 0.6) is 0 Å². The summed E-state index contributed by atoms with van der Waals surface area (Å²) in [7, 11) is 1.71. The van der Waals surface area contributed by atoms with E-state index in [9.17, 15) is 38.4 Å². The fraction of sp³-hybridized carbons (Fsp3) is 0.549. The molecular formula is C71H93F2N7O8. The molecule has 0 aromatic heterocycles. The van der Waals surface area contributed by atoms with Gasteiger partial charge in [0.1, 0.15) is 24.2 Å². The van der Waals surface area contributed by atoms with Crippen LogP contribution in [-0.4, -0.2) is 156 Å². The average Bonchev–Trinajstić information content (AvgIpc) is 3.28. The lowest BCUT2D eigenvalue weighted by Crippen LogP contribution is -2.57. The van der Waals surface area contributed by atoms with E-state index < -0.39 is 54.2 Å². The molecule has 4 aromatic rings. The zero-order valence-corrected chi connectivity index (χ0v) is 52.2. The molecule has 3 N–H and O–H groups in total. The fourth-order valence-electron chi connectivity index (χ4n) is 13.3. The van der Waals surface area contributed by atoms with Gasteiger partial charge in [-0.2, -0.15) is 0 Å². The molecule has 2 heterocycles. The van der Waals surface area contributed by atoms with E-state index in [2.05, 4.69) is 16.0 Å². The molecule has 474 valence electrons. The quantitative estimate of drug-likeness (QED) is 0.0445. The van der Waals surface area contributed by atoms with Crippen LogP contribution >= 0.6 is 0 Å². The third-order valence-electron chi connectivity index (χ3n) is 19.3. The Balaban J connectivity index is 0.878. The van der Waals surface area contributed by atoms with Gasteiger partial charge in [-0.1, -0.05) is 149 Å². The molecule has 4 fully saturated rings. The van der Waals surface area contributed by atoms with E-state index in [1.165, 1.54) is 0 Å². The van der Waals surface area contributed by atoms with Gasteiger partial charge in [-0.15, -0.1) is 0 Å². The van der Waals surface area contributed by atoms with E-state index >= 15 is 8.78 Å². The summed E-state index contributed by atoms with van der Waals surface area (Å²) in [6, 6.07) is 30.1. The van der Waals surface area contributed by atoms with Crippen molar-refractivity contribution in [1.29, 1.82) is 0 Å². The van der Waals surface area contributed by atoms with E-state index in [1.54, 1.807) is 82.1 Å². The lowest BCUT2D eigenvalue weighted by atomic mass is 9.76. The number of nitrogens with zero attached hydrogens (tertiary/aromatic N) is 4. The van der Waals surface area contributed by atoms with Gasteiger partial charge in [-0.3, -0.25) is 38.4 Å². The van der Waals surface area contributed by atoms with Gasteiger partial charge in [0, 0.05) is 81.5 Å². The predicted molar refractivity (Wildman–Crippen MR) is 337 cm³/mol. The average molecular weight is 1210 g/mol. The fourth-order valence-corrected chi connectivity index (χ4v) is 13.3. The van der Waals surface area contributed by atoms with Gasteiger partial charge < -0.3 is 35.6 Å². The molecule has 0 bridgehead atoms. The van der Waals surface area contributed by atoms with Crippen molar-refractivity contribution in [3.8, 4) is 11.1 Å². The molecule has 2 saturated heterocycles. The molecule has 17 heteroatoms. The summed E-state index contributed by atoms with van der Waals surface area (Å²) in [6.45, 7) is 5.95. The summed E-state index contributed by atoms with van der Waals surface area (Å²) >= 11 is 0. The highest BCUT2D eigenvalue weighted by Crippen LogP contribution is 2.36. The van der Waals surface area contributed by atoms with Crippen molar-refractivity contribution in [3.05, 3.63) is 131 Å². The van der Waals surface area contributed by atoms with Crippen molar-refractivity contribution in [3.63, 3.8) is 0 Å². The number of carbonyl (C=O) groups is 8. The summed E-state index contributed by atoms with van der Waals surface area (Å²) in [5.41, 5.74) is 4.20. The standard InChI is InChI=1S/C71H93F2N7O8/c1-5-48(2)68(85)76-67(56-24-16-9-17-25-56)71(88)80-43-39-60(73)62(80)46-77(40-36-50-18-10-6-11-19-50)65(83)35-34-63(81)55-30-26-52(27-31-55)53-28-32-57(33-29-53)69(86)75-45-66(84)78(41-37-51-20-12-7-13-21-51)47-61-59(72)38-42-79(61)70(87)58(44-64(82)49(3)74-4)54-22-14-8-15-23-54/h6-7,10-13,18-21,26-33,48-49,54,56,58-62,67,74H,5,8-9,14-17,22-25,34-47H2,1-4H3,(H,75,86)(H,76,85)/t48-,49+,58+,59+,60+,61-,62-,67+/m1/s1. The number of hydrogen-bond donors (Lipinski definition) is 3. The molecular weight excluding hydrogens is 1120 g/mol. The molecule has 8 rings (SSSR count). The third kappa shape index (κ3) is 18.0. The Morgan fingerprint density at radius 3 is 1.58 bits per heavy atom. The molecule has 2 aliphatic heterocycles. The Hall–Kier alpha value is -7.14. The van der Waals surface area contributed by atoms with Gasteiger partial charge in [0.05, 0.1) is 24.7 Å². The van der Waals surface area contributed by atoms with Gasteiger partial charge in [-0.05, 0) is 118 Å². The van der Waals surface area contributed by atoms with Crippen molar-refractivity contribution in [1.82, 2.24) is 35.6 Å². The van der Waals surface area contributed by atoms with Crippen LogP contribution in [0.2, 0.25) is 0 Å². The number of nitrogens with one attached hydrogen (secondary N) is 3. The molecule has 6 amide bonds. The maximum atomic E-state index is 16.1. The number of halogens is 2. The number of benzene rings is 4. The highest BCUT2D eigenvalue weighted by molar-refractivity contribution is 5.99. The Morgan fingerprint density at radius 1 is 0.580 bits per heavy atom. The summed E-state index contributed by atoms with van der Waals surface area (Å²) in [4.78, 5) is 118. The van der Waals surface area contributed by atoms with E-state index in [-0.39, 0.29) is 131 Å². The second kappa shape index (κ2) is 32.9. The molecule has 4 aliphatic rings. The van der Waals surface area contributed by atoms with Crippen LogP contribution in [0.15, 0.2) is 109 Å². The van der Waals surface area contributed by atoms with E-state index in [4.69, 9.17) is 0 Å². The minimum Gasteiger partial charge on any atom is -0.344 e. The third-order valence-corrected chi connectivity index (χ3v) is 19.3. The first kappa shape index (κ1) is 66.8. The summed E-state index contributed by atoms with van der Waals surface area (Å²) in [5.74, 6) is -3.12. The number of amides is 6. The number of ketones is 2. The minimum absolute atomic E-state index is 0.0232. The van der Waals surface area contributed by atoms with Gasteiger partial charge >= 0.3 is 0 Å². The second-order valence-electron chi connectivity index (χ2n) is 25.1. The first-order chi connectivity index (χ1) is 42.5. The molecule has 0 radical (unpaired) electrons. The lowest BCUT2D eigenvalue weighted by molar-refractivity contribution is -0.143. The summed E-state index contributed by atoms with van der Waals surface area (Å²) in [5, 5.41) is 8.82. The zero-order valence-electron chi connectivity index (χ0n) is 52.2. The van der Waals surface area contributed by atoms with Crippen LogP contribution in [0.25, 0.3) is 11.1 Å². The maximum absolute atomic E-state index is 16.1. The molecule has 0 unspecified atom stereocenters. The van der Waals surface area contributed by atoms with E-state index in [0.29, 0.717) is 30.4 Å². The van der Waals surface area contributed by atoms with Crippen molar-refractivity contribution < 1.29 is 47.1 Å². The van der Waals surface area contributed by atoms with E-state index in [0.717, 1.165) is 86.5 Å². The van der Waals surface area contributed by atoms with Crippen LogP contribution in [0.4, 0.5) is 8.78 Å². The molecule has 0 spiro atoms. The molecule has 2 aliphatic carbocycles. The van der Waals surface area contributed by atoms with Crippen molar-refractivity contribution in [2.45, 2.75) is 173 Å². The molecule has 15 nitrogen and oxygen atoms in total. The van der Waals surface area contributed by atoms with Crippen molar-refractivity contribution in [2.75, 3.05) is 52.9 Å². The highest BCUT2D eigenvalue weighted by atomic mass is 19.1. The molecule has 4 aromatic carbocycles. The molecule has 88 heavy (non-hydrogen) atoms. The van der Waals surface area contributed by atoms with Gasteiger partial charge in [-0.25, -0.2) is 8.78 Å². The van der Waals surface area contributed by atoms with Crippen LogP contribution in [0, 0.1) is 23.7 Å². The predicted octanol–water partition coefficient (Wildman–Crippen LogP) is 9.94. The molecule has 2 saturated carbocycles. The topological polar surface area (TPSA) is 186 Å². The SMILES string of the molecule is CC[C@@H](C)C(=O)N[C@H](C(=O)N1CC[C@H](F)[C@H]1CN(CCc1ccccc1)C(=O)CCC(=O)c1ccc(-c2ccc(C(=O)NCC(=O)N(CCc3ccccc3)C[C@@H]3[C@@H](F)CCN3C(=O)[C@@H](CC(=O)[C@H](C)NC)C3CCCCC3)cc2)cc1)C1CCCCC1. The number of rotatable bonds is 29. The van der Waals surface area contributed by atoms with E-state index in [1.807, 2.05) is 74.5 Å². The number of likely N-dealkylation sites (N-methyl/N-ethyl adjacent to an activating group) is 1. The van der Waals surface area contributed by atoms with Gasteiger partial charge in [0.15, 0.2) is 5.78 Å². The smallest absolute Gasteiger partial charge is 0.251 e. The van der Waals surface area contributed by atoms with Crippen LogP contribution < -0.4 is 16.0 Å². The largest absolute Gasteiger partial charge is 0.344 e. The summed E-state index contributed by atoms with van der Waals surface area (Å²) in [6.07, 6.45) is 8.24. The minimum atomic E-state index is -1.38. The number of likely N-dealkylation sites (tertiary alicyclic amines) is 2. The van der Waals surface area contributed by atoms with Crippen molar-refractivity contribution >= 4 is 47.0 Å². The van der Waals surface area contributed by atoms with Crippen LogP contribution in [-0.2, 0) is 41.6 Å². The van der Waals surface area contributed by atoms with Gasteiger partial charge in [0.2, 0.25) is 29.5 Å². The molecule has 8 atom stereocenters. The van der Waals surface area contributed by atoms with Gasteiger partial charge in [0.25, 0.3) is 5.91 Å². The first-order valence-electron chi connectivity index (χ1n) is 32.6. The highest BCUT2D eigenvalue weighted by Gasteiger charge is 2.46. The second-order valence-corrected chi connectivity index (χ2v) is 25.1. The number of alkyl halides is 2. The summed E-state index contributed by atoms with van der Waals surface area (Å²) < 4.78 is 32.2. The lowest BCUT2D eigenvalue weighted by Gasteiger charge is -2.37. The van der Waals surface area contributed by atoms with Crippen LogP contribution in [0.1, 0.15) is 155 Å². The Morgan fingerprint density at radius 2 is 1.07 bits per heavy atom. The first-order valence-corrected chi connectivity index (χ1v) is 32.6. The number of carbonyl (C=O) groups excluding carboxylic acids is 8. The monoisotopic (exact) mass is 1210 g/mol. The normalized spacial score (nSPS) is 20.3. The number of hydrogen-bond acceptors (Lipinski definition) is 9. The van der Waals surface area contributed by atoms with Crippen LogP contribution in [0.3, 0.4) is 0 Å².